The lowest BCUT2D eigenvalue weighted by Gasteiger charge is -2.25. The van der Waals surface area contributed by atoms with Crippen molar-refractivity contribution in [2.24, 2.45) is 89.3 Å². The maximum Gasteiger partial charge on any atom is 0.294 e. The fraction of sp³-hybridized carbons (Fsp3) is 0.563. The van der Waals surface area contributed by atoms with Gasteiger partial charge in [-0.1, -0.05) is 56.7 Å². The number of imide groups is 1. The highest BCUT2D eigenvalue weighted by Gasteiger charge is 2.46. The molecular formula is C71H110N19O11S2+. The molecule has 5 rings (SSSR count). The number of amides is 6. The number of benzene rings is 2. The van der Waals surface area contributed by atoms with Crippen LogP contribution in [0, 0.1) is 24.7 Å². The summed E-state index contributed by atoms with van der Waals surface area (Å²) in [6, 6.07) is 8.87. The van der Waals surface area contributed by atoms with E-state index in [-0.39, 0.29) is 142 Å². The standard InChI is InChI=1S/C71H109N19O11S2/c1-8-45(20-16-31-82-66(73)74)63(96)86-51(22-18-33-84-68(77)78)55(91)39-46(21-17-32-83-67(75)76)64(97)87-52(23-19-34-85-69(79)80)56(92)40-47(62(72)95)43-102-57-42-61(94)90(65(57)98)37-35-81-60(93)26-14-11-15-36-89-54-30-28-48(103(99,100)101)41-50(54)71(6,7)59(89)25-13-10-12-24-58-70(4,5)49-38-44(3)27-29-53(49)88(58)9-2/h10,12-13,24-25,27-30,38,41,45-47,51-52,57H,8-9,11,14-23,26,31-37,39-40,42-43H2,1-7H3,(H21-,72,73,74,75,76,77,78,79,80,81,82,83,84,85,86,87,93,95,96,97,99,100,101)/p+1/t45-,46+,47-,51-,52-,57?/m1/s1. The first-order valence-electron chi connectivity index (χ1n) is 35.2. The number of guanidine groups is 4. The van der Waals surface area contributed by atoms with Crippen LogP contribution in [0.15, 0.2) is 97.3 Å². The van der Waals surface area contributed by atoms with Crippen LogP contribution in [0.3, 0.4) is 0 Å². The minimum absolute atomic E-state index is 0.00971. The van der Waals surface area contributed by atoms with Gasteiger partial charge in [0, 0.05) is 130 Å². The van der Waals surface area contributed by atoms with Crippen molar-refractivity contribution in [2.75, 3.05) is 63.0 Å². The third-order valence-corrected chi connectivity index (χ3v) is 21.0. The molecule has 566 valence electrons. The number of thioether (sulfide) groups is 1. The average molecular weight is 1470 g/mol. The number of likely N-dealkylation sites (tertiary alicyclic amines) is 1. The fourth-order valence-corrected chi connectivity index (χ4v) is 14.9. The second-order valence-corrected chi connectivity index (χ2v) is 29.9. The molecule has 6 atom stereocenters. The van der Waals surface area contributed by atoms with Crippen LogP contribution in [0.1, 0.15) is 161 Å². The topological polar surface area (TPSA) is 520 Å². The first kappa shape index (κ1) is 84.5. The molecular weight excluding hydrogens is 1360 g/mol. The summed E-state index contributed by atoms with van der Waals surface area (Å²) in [7, 11) is -4.48. The maximum absolute atomic E-state index is 14.5. The molecule has 6 amide bonds. The van der Waals surface area contributed by atoms with E-state index < -0.39 is 92.2 Å². The quantitative estimate of drug-likeness (QED) is 0.00862. The fourth-order valence-electron chi connectivity index (χ4n) is 13.1. The smallest absolute Gasteiger partial charge is 0.294 e. The van der Waals surface area contributed by atoms with Gasteiger partial charge in [-0.25, -0.2) is 0 Å². The lowest BCUT2D eigenvalue weighted by Crippen LogP contribution is -2.47. The number of fused-ring (bicyclic) bond motifs is 2. The van der Waals surface area contributed by atoms with Crippen LogP contribution in [0.5, 0.6) is 0 Å². The number of nitrogens with one attached hydrogen (secondary N) is 3. The molecule has 0 saturated carbocycles. The van der Waals surface area contributed by atoms with Crippen molar-refractivity contribution < 1.29 is 55.9 Å². The molecule has 0 aliphatic carbocycles. The minimum atomic E-state index is -4.48. The Morgan fingerprint density at radius 3 is 1.77 bits per heavy atom. The summed E-state index contributed by atoms with van der Waals surface area (Å²) in [6.45, 7) is 16.4. The summed E-state index contributed by atoms with van der Waals surface area (Å²) in [6.07, 6.45) is 13.3. The maximum atomic E-state index is 14.5. The number of aliphatic imine (C=N–C) groups is 4. The molecule has 3 aliphatic rings. The van der Waals surface area contributed by atoms with E-state index in [1.165, 1.54) is 34.6 Å². The number of nitrogens with zero attached hydrogens (tertiary/aromatic N) is 7. The Hall–Kier alpha value is -9.17. The molecule has 0 radical (unpaired) electrons. The zero-order valence-electron chi connectivity index (χ0n) is 60.7. The first-order chi connectivity index (χ1) is 48.6. The predicted molar refractivity (Wildman–Crippen MR) is 404 cm³/mol. The number of hydrogen-bond acceptors (Lipinski definition) is 16. The molecule has 0 aromatic heterocycles. The Morgan fingerprint density at radius 1 is 0.670 bits per heavy atom. The van der Waals surface area contributed by atoms with Gasteiger partial charge in [-0.05, 0) is 128 Å². The van der Waals surface area contributed by atoms with Gasteiger partial charge < -0.3 is 72.5 Å². The van der Waals surface area contributed by atoms with Crippen LogP contribution in [0.2, 0.25) is 0 Å². The van der Waals surface area contributed by atoms with Crippen LogP contribution in [0.25, 0.3) is 0 Å². The Morgan fingerprint density at radius 2 is 1.22 bits per heavy atom. The van der Waals surface area contributed by atoms with E-state index in [1.54, 1.807) is 6.07 Å². The van der Waals surface area contributed by atoms with Crippen LogP contribution in [-0.4, -0.2) is 174 Å². The third kappa shape index (κ3) is 25.3. The lowest BCUT2D eigenvalue weighted by atomic mass is 9.81. The second-order valence-electron chi connectivity index (χ2n) is 27.2. The Bertz CT molecular complexity index is 3730. The number of hydrogen-bond donors (Lipinski definition) is 13. The van der Waals surface area contributed by atoms with Gasteiger partial charge >= 0.3 is 0 Å². The van der Waals surface area contributed by atoms with Gasteiger partial charge in [0.25, 0.3) is 10.1 Å². The molecule has 1 fully saturated rings. The average Bonchev–Trinajstić information content (AvgIpc) is 1.60. The number of aryl methyl sites for hydroxylation is 1. The molecule has 30 nitrogen and oxygen atoms in total. The number of anilines is 1. The normalized spacial score (nSPS) is 17.1. The number of unbranched alkanes of at least 4 members (excludes halogenated alkanes) is 2. The van der Waals surface area contributed by atoms with E-state index in [4.69, 9.17) is 51.6 Å². The molecule has 103 heavy (non-hydrogen) atoms. The number of primary amides is 1. The van der Waals surface area contributed by atoms with Crippen LogP contribution >= 0.6 is 11.8 Å². The summed E-state index contributed by atoms with van der Waals surface area (Å²) >= 11 is 0.984. The van der Waals surface area contributed by atoms with Crippen molar-refractivity contribution >= 4 is 110 Å². The van der Waals surface area contributed by atoms with Gasteiger partial charge in [0.2, 0.25) is 41.1 Å². The molecule has 0 spiro atoms. The zero-order valence-corrected chi connectivity index (χ0v) is 62.3. The van der Waals surface area contributed by atoms with Crippen molar-refractivity contribution in [3.63, 3.8) is 0 Å². The van der Waals surface area contributed by atoms with E-state index >= 15 is 0 Å². The number of rotatable bonds is 45. The number of likely N-dealkylation sites (N-methyl/N-ethyl adjacent to an activating group) is 1. The molecule has 32 heteroatoms. The number of Topliss-reactive ketones (excluding diaryl/α,β-unsaturated/α-hetero) is 2. The van der Waals surface area contributed by atoms with E-state index in [9.17, 15) is 51.3 Å². The van der Waals surface area contributed by atoms with Gasteiger partial charge in [-0.15, -0.1) is 11.8 Å². The Labute approximate surface area is 609 Å². The summed E-state index contributed by atoms with van der Waals surface area (Å²) in [5, 5.41) is 7.55. The second kappa shape index (κ2) is 40.0. The van der Waals surface area contributed by atoms with Crippen molar-refractivity contribution in [2.45, 2.75) is 184 Å². The molecule has 22 N–H and O–H groups in total. The highest BCUT2D eigenvalue weighted by Crippen LogP contribution is 2.48. The van der Waals surface area contributed by atoms with Gasteiger partial charge in [0.05, 0.1) is 33.6 Å². The van der Waals surface area contributed by atoms with Crippen molar-refractivity contribution in [3.8, 4) is 0 Å². The van der Waals surface area contributed by atoms with Gasteiger partial charge in [-0.2, -0.15) is 13.0 Å². The number of nitrogens with two attached hydrogens (primary N) is 9. The molecule has 2 aromatic rings. The van der Waals surface area contributed by atoms with E-state index in [0.29, 0.717) is 51.6 Å². The van der Waals surface area contributed by atoms with Crippen molar-refractivity contribution in [1.82, 2.24) is 20.9 Å². The zero-order chi connectivity index (χ0) is 76.4. The Balaban J connectivity index is 1.19. The summed E-state index contributed by atoms with van der Waals surface area (Å²) in [5.74, 6) is -7.86. The molecule has 3 heterocycles. The van der Waals surface area contributed by atoms with E-state index in [1.807, 2.05) is 45.1 Å². The molecule has 2 aromatic carbocycles. The van der Waals surface area contributed by atoms with Crippen molar-refractivity contribution in [1.29, 1.82) is 0 Å². The summed E-state index contributed by atoms with van der Waals surface area (Å²) < 4.78 is 36.7. The number of ketones is 2. The number of carbonyl (C=O) groups excluding carboxylic acids is 8. The van der Waals surface area contributed by atoms with E-state index in [2.05, 4.69) is 97.4 Å². The predicted octanol–water partition coefficient (Wildman–Crippen LogP) is 2.82. The van der Waals surface area contributed by atoms with Crippen LogP contribution in [0.4, 0.5) is 11.4 Å². The highest BCUT2D eigenvalue weighted by molar-refractivity contribution is 8.00. The SMILES string of the molecule is CC[C@H](CCCN=C(N)N)C(=O)N[C@H](CCCN=C(N)N)C(=O)C[C@H](CCCN=C(N)N)C(=O)N[C@H](CCCN=C(N)N)C(=O)C[C@H](CSC1CC(=O)N(CCNC(=O)CCCCC[N+]2=C(C=CC=CC=C3N(CC)c4ccc(C)cc4C3(C)C)C(C)(C)c3cc(S(=O)(=O)O)ccc32)C1=O)C(N)=O. The lowest BCUT2D eigenvalue weighted by molar-refractivity contribution is -0.438. The third-order valence-electron chi connectivity index (χ3n) is 18.7. The van der Waals surface area contributed by atoms with Crippen LogP contribution in [-0.2, 0) is 59.3 Å². The molecule has 3 aliphatic heterocycles. The molecule has 1 unspecified atom stereocenters. The van der Waals surface area contributed by atoms with Crippen molar-refractivity contribution in [3.05, 3.63) is 89.2 Å². The molecule has 0 bridgehead atoms. The Kier molecular flexibility index (Phi) is 32.8. The van der Waals surface area contributed by atoms with Gasteiger partial charge in [0.1, 0.15) is 6.54 Å². The largest absolute Gasteiger partial charge is 0.370 e. The van der Waals surface area contributed by atoms with Gasteiger partial charge in [0.15, 0.2) is 41.1 Å². The summed E-state index contributed by atoms with van der Waals surface area (Å²) in [4.78, 5) is 129. The van der Waals surface area contributed by atoms with E-state index in [0.717, 1.165) is 40.2 Å². The first-order valence-corrected chi connectivity index (χ1v) is 37.7. The molecule has 1 saturated heterocycles. The summed E-state index contributed by atoms with van der Waals surface area (Å²) in [5.41, 5.74) is 56.7. The highest BCUT2D eigenvalue weighted by atomic mass is 32.2. The van der Waals surface area contributed by atoms with Crippen LogP contribution < -0.4 is 72.5 Å². The number of allylic oxidation sites excluding steroid dienone is 6. The minimum Gasteiger partial charge on any atom is -0.370 e. The monoisotopic (exact) mass is 1470 g/mol. The number of carbonyl (C=O) groups is 8. The van der Waals surface area contributed by atoms with Gasteiger partial charge in [-0.3, -0.25) is 67.8 Å².